The van der Waals surface area contributed by atoms with Gasteiger partial charge in [0.1, 0.15) is 70.9 Å². The molecule has 10 aromatic heterocycles. The maximum Gasteiger partial charge on any atom is 0.129 e. The number of halogens is 2. The van der Waals surface area contributed by atoms with E-state index in [0.29, 0.717) is 10.3 Å². The standard InChI is InChI=1S/2C23H19N5O.2C18H15ClN4O/c1-16-10-19(12-20(11-16)29-2)23-21(15-28(27-23)9-7-24)17-5-6-22(26-14-17)18-4-3-8-25-13-18;1-16-10-19(12-20(11-16)29-2)23-21(15-27-28(23)9-7-24)17-5-6-22(26-14-17)18-4-3-8-25-13-18;1-12-7-14(9-15(8-12)24-2)18-16(11-23(22-18)6-5-20)13-3-4-17(19)21-10-13;1-12-7-14(9-15(8-12)24-2)18-16(11-22-23(18)6-5-20)13-3-4-17(19)21-10-13/h2*3-6,8,10-15H,9H2,1-2H3;2*3-4,7-11H,6H2,1-2H3. The molecule has 0 N–H and O–H groups in total. The van der Waals surface area contributed by atoms with Crippen molar-refractivity contribution < 1.29 is 18.9 Å². The number of pyridine rings is 6. The van der Waals surface area contributed by atoms with Gasteiger partial charge in [0.25, 0.3) is 0 Å². The van der Waals surface area contributed by atoms with Crippen LogP contribution in [0.2, 0.25) is 10.3 Å². The average molecular weight is 1440 g/mol. The largest absolute Gasteiger partial charge is 0.497 e. The van der Waals surface area contributed by atoms with E-state index in [9.17, 15) is 5.26 Å². The molecule has 0 aliphatic rings. The molecule has 0 fully saturated rings. The zero-order valence-corrected chi connectivity index (χ0v) is 60.6. The number of nitrogens with zero attached hydrogens (tertiary/aromatic N) is 18. The van der Waals surface area contributed by atoms with E-state index < -0.39 is 0 Å². The lowest BCUT2D eigenvalue weighted by atomic mass is 10.0. The normalized spacial score (nSPS) is 10.5. The number of ether oxygens (including phenoxy) is 4. The molecule has 0 aliphatic heterocycles. The quantitative estimate of drug-likeness (QED) is 0.0721. The van der Waals surface area contributed by atoms with E-state index in [0.717, 1.165) is 157 Å². The molecule has 14 aromatic rings. The summed E-state index contributed by atoms with van der Waals surface area (Å²) in [6.07, 6.45) is 21.4. The van der Waals surface area contributed by atoms with Gasteiger partial charge in [-0.15, -0.1) is 0 Å². The van der Waals surface area contributed by atoms with Gasteiger partial charge >= 0.3 is 0 Å². The van der Waals surface area contributed by atoms with Gasteiger partial charge in [-0.05, 0) is 183 Å². The summed E-state index contributed by atoms with van der Waals surface area (Å²) in [5, 5.41) is 55.3. The van der Waals surface area contributed by atoms with Crippen molar-refractivity contribution in [2.45, 2.75) is 53.9 Å². The van der Waals surface area contributed by atoms with Crippen molar-refractivity contribution in [2.24, 2.45) is 0 Å². The highest BCUT2D eigenvalue weighted by Gasteiger charge is 2.21. The number of benzene rings is 4. The molecule has 0 bridgehead atoms. The molecule has 14 rings (SSSR count). The minimum Gasteiger partial charge on any atom is -0.497 e. The van der Waals surface area contributed by atoms with E-state index in [-0.39, 0.29) is 26.2 Å². The zero-order chi connectivity index (χ0) is 74.6. The number of nitriles is 4. The molecule has 0 spiro atoms. The van der Waals surface area contributed by atoms with Crippen LogP contribution < -0.4 is 18.9 Å². The topological polar surface area (TPSA) is 281 Å². The van der Waals surface area contributed by atoms with E-state index in [4.69, 9.17) is 57.9 Å². The second-order valence-corrected chi connectivity index (χ2v) is 24.8. The fourth-order valence-corrected chi connectivity index (χ4v) is 12.0. The highest BCUT2D eigenvalue weighted by Crippen LogP contribution is 2.39. The van der Waals surface area contributed by atoms with E-state index in [2.05, 4.69) is 86.7 Å². The third-order valence-electron chi connectivity index (χ3n) is 16.5. The summed E-state index contributed by atoms with van der Waals surface area (Å²) >= 11 is 11.8. The summed E-state index contributed by atoms with van der Waals surface area (Å²) in [4.78, 5) is 25.8. The number of hydrogen-bond acceptors (Lipinski definition) is 18. The molecule has 0 atom stereocenters. The molecular weight excluding hydrogens is 1370 g/mol. The first-order chi connectivity index (χ1) is 51.6. The summed E-state index contributed by atoms with van der Waals surface area (Å²) in [7, 11) is 6.56. The first kappa shape index (κ1) is 73.6. The van der Waals surface area contributed by atoms with Crippen LogP contribution >= 0.6 is 23.2 Å². The first-order valence-corrected chi connectivity index (χ1v) is 33.7. The van der Waals surface area contributed by atoms with Gasteiger partial charge in [0, 0.05) is 140 Å². The highest BCUT2D eigenvalue weighted by molar-refractivity contribution is 6.29. The molecule has 24 heteroatoms. The van der Waals surface area contributed by atoms with E-state index >= 15 is 0 Å². The fourth-order valence-electron chi connectivity index (χ4n) is 11.7. The van der Waals surface area contributed by atoms with Gasteiger partial charge in [0.15, 0.2) is 0 Å². The monoisotopic (exact) mass is 1440 g/mol. The van der Waals surface area contributed by atoms with Crippen LogP contribution in [0.15, 0.2) is 220 Å². The molecule has 0 amide bonds. The number of aromatic nitrogens is 14. The summed E-state index contributed by atoms with van der Waals surface area (Å²) in [5.74, 6) is 3.06. The van der Waals surface area contributed by atoms with Crippen LogP contribution in [0.25, 0.3) is 112 Å². The minimum absolute atomic E-state index is 0.159. The van der Waals surface area contributed by atoms with E-state index in [1.807, 2.05) is 174 Å². The van der Waals surface area contributed by atoms with Gasteiger partial charge in [0.2, 0.25) is 0 Å². The van der Waals surface area contributed by atoms with Gasteiger partial charge < -0.3 is 18.9 Å². The Hall–Kier alpha value is -13.6. The van der Waals surface area contributed by atoms with E-state index in [1.165, 1.54) is 0 Å². The Morgan fingerprint density at radius 1 is 0.349 bits per heavy atom. The van der Waals surface area contributed by atoms with Crippen molar-refractivity contribution >= 4 is 23.2 Å². The van der Waals surface area contributed by atoms with Crippen molar-refractivity contribution in [2.75, 3.05) is 28.4 Å². The minimum atomic E-state index is 0.159. The van der Waals surface area contributed by atoms with Crippen molar-refractivity contribution in [3.63, 3.8) is 0 Å². The Bertz CT molecular complexity index is 5420. The van der Waals surface area contributed by atoms with Gasteiger partial charge in [-0.25, -0.2) is 9.97 Å². The van der Waals surface area contributed by atoms with Crippen LogP contribution in [0.5, 0.6) is 23.0 Å². The fraction of sp³-hybridized carbons (Fsp3) is 0.146. The zero-order valence-electron chi connectivity index (χ0n) is 59.1. The third kappa shape index (κ3) is 18.0. The summed E-state index contributed by atoms with van der Waals surface area (Å²) in [6, 6.07) is 55.3. The summed E-state index contributed by atoms with van der Waals surface area (Å²) in [5.41, 5.74) is 22.2. The number of methoxy groups -OCH3 is 4. The van der Waals surface area contributed by atoms with Crippen molar-refractivity contribution in [3.05, 3.63) is 253 Å². The molecule has 22 nitrogen and oxygen atoms in total. The predicted octanol–water partition coefficient (Wildman–Crippen LogP) is 17.2. The van der Waals surface area contributed by atoms with Crippen LogP contribution in [0.4, 0.5) is 0 Å². The van der Waals surface area contributed by atoms with Crippen LogP contribution in [0, 0.1) is 73.0 Å². The lowest BCUT2D eigenvalue weighted by Crippen LogP contribution is -2.01. The Balaban J connectivity index is 0.000000142. The number of rotatable bonds is 18. The Morgan fingerprint density at radius 3 is 1.00 bits per heavy atom. The lowest BCUT2D eigenvalue weighted by Gasteiger charge is -2.11. The summed E-state index contributed by atoms with van der Waals surface area (Å²) in [6.45, 7) is 8.71. The van der Waals surface area contributed by atoms with Crippen molar-refractivity contribution in [3.8, 4) is 159 Å². The van der Waals surface area contributed by atoms with Gasteiger partial charge in [-0.3, -0.25) is 38.7 Å². The Kier molecular flexibility index (Phi) is 24.2. The first-order valence-electron chi connectivity index (χ1n) is 33.0. The van der Waals surface area contributed by atoms with E-state index in [1.54, 1.807) is 109 Å². The van der Waals surface area contributed by atoms with Gasteiger partial charge in [0.05, 0.1) is 87.9 Å². The van der Waals surface area contributed by atoms with Crippen LogP contribution in [0.3, 0.4) is 0 Å². The van der Waals surface area contributed by atoms with Crippen molar-refractivity contribution in [1.82, 2.24) is 69.0 Å². The molecule has 524 valence electrons. The SMILES string of the molecule is COc1cc(C)cc(-c2c(-c3ccc(-c4cccnc4)nc3)cnn2CC#N)c1.COc1cc(C)cc(-c2c(-c3ccc(Cl)nc3)cnn2CC#N)c1.COc1cc(C)cc(-c2nn(CC#N)cc2-c2ccc(-c3cccnc3)nc2)c1.COc1cc(C)cc(-c2nn(CC#N)cc2-c2ccc(Cl)nc2)c1. The third-order valence-corrected chi connectivity index (χ3v) is 16.9. The molecule has 0 saturated carbocycles. The second kappa shape index (κ2) is 34.8. The molecule has 0 unspecified atom stereocenters. The number of hydrogen-bond donors (Lipinski definition) is 0. The predicted molar refractivity (Wildman–Crippen MR) is 408 cm³/mol. The maximum absolute atomic E-state index is 9.23. The average Bonchev–Trinajstić information content (AvgIpc) is 1.59. The second-order valence-electron chi connectivity index (χ2n) is 24.0. The van der Waals surface area contributed by atoms with Crippen LogP contribution in [-0.2, 0) is 26.2 Å². The van der Waals surface area contributed by atoms with Gasteiger partial charge in [-0.1, -0.05) is 35.3 Å². The van der Waals surface area contributed by atoms with Crippen LogP contribution in [-0.4, -0.2) is 97.5 Å². The molecule has 10 heterocycles. The molecular formula is C82H68Cl2N18O4. The highest BCUT2D eigenvalue weighted by atomic mass is 35.5. The number of aryl methyl sites for hydroxylation is 4. The Morgan fingerprint density at radius 2 is 0.689 bits per heavy atom. The van der Waals surface area contributed by atoms with Crippen molar-refractivity contribution in [1.29, 1.82) is 21.0 Å². The molecule has 106 heavy (non-hydrogen) atoms. The molecule has 0 saturated heterocycles. The Labute approximate surface area is 622 Å². The van der Waals surface area contributed by atoms with Crippen LogP contribution in [0.1, 0.15) is 22.3 Å². The maximum atomic E-state index is 9.23. The van der Waals surface area contributed by atoms with Gasteiger partial charge in [-0.2, -0.15) is 41.4 Å². The molecule has 0 radical (unpaired) electrons. The smallest absolute Gasteiger partial charge is 0.129 e. The summed E-state index contributed by atoms with van der Waals surface area (Å²) < 4.78 is 28.2. The lowest BCUT2D eigenvalue weighted by molar-refractivity contribution is 0.414. The molecule has 4 aromatic carbocycles. The molecule has 0 aliphatic carbocycles.